The van der Waals surface area contributed by atoms with Gasteiger partial charge in [-0.15, -0.1) is 11.3 Å². The molecular weight excluding hydrogens is 210 g/mol. The number of thiophene rings is 1. The number of fused-ring (bicyclic) bond motifs is 1. The average Bonchev–Trinajstić information content (AvgIpc) is 2.56. The first kappa shape index (κ1) is 9.86. The monoisotopic (exact) mass is 219 g/mol. The van der Waals surface area contributed by atoms with E-state index in [4.69, 9.17) is 0 Å². The maximum Gasteiger partial charge on any atom is 0.235 e. The molecule has 0 atom stereocenters. The van der Waals surface area contributed by atoms with Crippen LogP contribution in [0.5, 0.6) is 0 Å². The number of hydrogen-bond acceptors (Lipinski definition) is 3. The molecule has 0 aliphatic carbocycles. The van der Waals surface area contributed by atoms with E-state index in [2.05, 4.69) is 6.07 Å². The zero-order chi connectivity index (χ0) is 10.8. The van der Waals surface area contributed by atoms with Gasteiger partial charge in [-0.3, -0.25) is 10.1 Å². The van der Waals surface area contributed by atoms with Crippen LogP contribution in [0.1, 0.15) is 10.4 Å². The van der Waals surface area contributed by atoms with Crippen LogP contribution in [0, 0.1) is 17.0 Å². The van der Waals surface area contributed by atoms with Crippen molar-refractivity contribution in [3.63, 3.8) is 0 Å². The van der Waals surface area contributed by atoms with Gasteiger partial charge in [0.05, 0.1) is 4.92 Å². The molecule has 0 N–H and O–H groups in total. The Labute approximate surface area is 90.8 Å². The quantitative estimate of drug-likeness (QED) is 0.573. The average molecular weight is 219 g/mol. The van der Waals surface area contributed by atoms with Crippen molar-refractivity contribution in [1.29, 1.82) is 0 Å². The standard InChI is InChI=1S/C11H9NO2S/c1-8-2-3-11-9(6-8)7-10(15-11)4-5-12(13)14/h2-7H,1H3. The Balaban J connectivity index is 2.43. The third-order valence-electron chi connectivity index (χ3n) is 2.05. The molecule has 0 amide bonds. The molecule has 4 heteroatoms. The Morgan fingerprint density at radius 2 is 2.20 bits per heavy atom. The summed E-state index contributed by atoms with van der Waals surface area (Å²) in [5, 5.41) is 11.3. The number of benzene rings is 1. The number of nitro groups is 1. The SMILES string of the molecule is Cc1ccc2sc(C=C[N+](=O)[O-])cc2c1. The summed E-state index contributed by atoms with van der Waals surface area (Å²) in [5.41, 5.74) is 1.20. The predicted octanol–water partition coefficient (Wildman–Crippen LogP) is 3.46. The van der Waals surface area contributed by atoms with E-state index >= 15 is 0 Å². The summed E-state index contributed by atoms with van der Waals surface area (Å²) < 4.78 is 1.16. The van der Waals surface area contributed by atoms with Crippen molar-refractivity contribution in [3.05, 3.63) is 51.0 Å². The van der Waals surface area contributed by atoms with Crippen LogP contribution in [0.25, 0.3) is 16.2 Å². The van der Waals surface area contributed by atoms with Crippen LogP contribution in [-0.2, 0) is 0 Å². The second-order valence-corrected chi connectivity index (χ2v) is 4.41. The summed E-state index contributed by atoms with van der Waals surface area (Å²) in [6.45, 7) is 2.03. The lowest BCUT2D eigenvalue weighted by atomic mass is 10.2. The van der Waals surface area contributed by atoms with Crippen LogP contribution in [0.15, 0.2) is 30.5 Å². The molecule has 3 nitrogen and oxygen atoms in total. The van der Waals surface area contributed by atoms with E-state index in [0.717, 1.165) is 21.2 Å². The van der Waals surface area contributed by atoms with Crippen molar-refractivity contribution >= 4 is 27.5 Å². The first-order valence-electron chi connectivity index (χ1n) is 4.47. The minimum absolute atomic E-state index is 0.449. The Kier molecular flexibility index (Phi) is 2.51. The lowest BCUT2D eigenvalue weighted by Gasteiger charge is -1.89. The van der Waals surface area contributed by atoms with Gasteiger partial charge < -0.3 is 0 Å². The highest BCUT2D eigenvalue weighted by Crippen LogP contribution is 2.27. The van der Waals surface area contributed by atoms with E-state index < -0.39 is 4.92 Å². The Bertz CT molecular complexity index is 543. The van der Waals surface area contributed by atoms with Gasteiger partial charge >= 0.3 is 0 Å². The topological polar surface area (TPSA) is 43.1 Å². The number of nitrogens with zero attached hydrogens (tertiary/aromatic N) is 1. The van der Waals surface area contributed by atoms with Crippen LogP contribution in [0.2, 0.25) is 0 Å². The normalized spacial score (nSPS) is 11.3. The summed E-state index contributed by atoms with van der Waals surface area (Å²) in [6, 6.07) is 8.13. The van der Waals surface area contributed by atoms with Crippen molar-refractivity contribution in [2.75, 3.05) is 0 Å². The van der Waals surface area contributed by atoms with E-state index in [-0.39, 0.29) is 0 Å². The van der Waals surface area contributed by atoms with Crippen molar-refractivity contribution in [2.45, 2.75) is 6.92 Å². The van der Waals surface area contributed by atoms with Crippen LogP contribution < -0.4 is 0 Å². The van der Waals surface area contributed by atoms with Crippen LogP contribution in [0.3, 0.4) is 0 Å². The maximum absolute atomic E-state index is 10.2. The molecule has 0 saturated carbocycles. The van der Waals surface area contributed by atoms with E-state index in [1.165, 1.54) is 11.6 Å². The molecule has 0 fully saturated rings. The van der Waals surface area contributed by atoms with Gasteiger partial charge in [0.1, 0.15) is 0 Å². The zero-order valence-electron chi connectivity index (χ0n) is 8.14. The van der Waals surface area contributed by atoms with Gasteiger partial charge in [-0.05, 0) is 24.4 Å². The van der Waals surface area contributed by atoms with Crippen molar-refractivity contribution in [2.24, 2.45) is 0 Å². The molecule has 2 aromatic rings. The van der Waals surface area contributed by atoms with Crippen molar-refractivity contribution in [3.8, 4) is 0 Å². The highest BCUT2D eigenvalue weighted by atomic mass is 32.1. The maximum atomic E-state index is 10.2. The minimum atomic E-state index is -0.449. The molecular formula is C11H9NO2S. The van der Waals surface area contributed by atoms with Gasteiger partial charge in [-0.1, -0.05) is 17.7 Å². The van der Waals surface area contributed by atoms with Gasteiger partial charge in [0, 0.05) is 15.7 Å². The van der Waals surface area contributed by atoms with Crippen LogP contribution in [0.4, 0.5) is 0 Å². The van der Waals surface area contributed by atoms with Gasteiger partial charge in [-0.25, -0.2) is 0 Å². The molecule has 0 aliphatic heterocycles. The smallest absolute Gasteiger partial charge is 0.235 e. The molecule has 0 radical (unpaired) electrons. The lowest BCUT2D eigenvalue weighted by molar-refractivity contribution is -0.400. The molecule has 1 heterocycles. The number of aryl methyl sites for hydroxylation is 1. The molecule has 0 spiro atoms. The highest BCUT2D eigenvalue weighted by molar-refractivity contribution is 7.19. The molecule has 76 valence electrons. The molecule has 0 aliphatic rings. The van der Waals surface area contributed by atoms with E-state index in [0.29, 0.717) is 0 Å². The van der Waals surface area contributed by atoms with Gasteiger partial charge in [0.25, 0.3) is 0 Å². The second kappa shape index (κ2) is 3.82. The van der Waals surface area contributed by atoms with Gasteiger partial charge in [0.15, 0.2) is 0 Å². The molecule has 15 heavy (non-hydrogen) atoms. The zero-order valence-corrected chi connectivity index (χ0v) is 8.95. The first-order chi connectivity index (χ1) is 7.15. The Morgan fingerprint density at radius 3 is 2.93 bits per heavy atom. The summed E-state index contributed by atoms with van der Waals surface area (Å²) in [5.74, 6) is 0. The summed E-state index contributed by atoms with van der Waals surface area (Å²) in [6.07, 6.45) is 2.50. The fraction of sp³-hybridized carbons (Fsp3) is 0.0909. The predicted molar refractivity (Wildman–Crippen MR) is 62.6 cm³/mol. The van der Waals surface area contributed by atoms with Crippen molar-refractivity contribution in [1.82, 2.24) is 0 Å². The number of hydrogen-bond donors (Lipinski definition) is 0. The van der Waals surface area contributed by atoms with E-state index in [1.54, 1.807) is 11.3 Å². The fourth-order valence-corrected chi connectivity index (χ4v) is 2.34. The number of rotatable bonds is 2. The molecule has 2 rings (SSSR count). The van der Waals surface area contributed by atoms with E-state index in [1.807, 2.05) is 25.1 Å². The minimum Gasteiger partial charge on any atom is -0.259 e. The van der Waals surface area contributed by atoms with Crippen LogP contribution >= 0.6 is 11.3 Å². The molecule has 1 aromatic carbocycles. The Hall–Kier alpha value is -1.68. The third kappa shape index (κ3) is 2.22. The summed E-state index contributed by atoms with van der Waals surface area (Å²) in [4.78, 5) is 10.6. The fourth-order valence-electron chi connectivity index (χ4n) is 1.40. The summed E-state index contributed by atoms with van der Waals surface area (Å²) >= 11 is 1.56. The van der Waals surface area contributed by atoms with Gasteiger partial charge in [-0.2, -0.15) is 0 Å². The second-order valence-electron chi connectivity index (χ2n) is 3.29. The summed E-state index contributed by atoms with van der Waals surface area (Å²) in [7, 11) is 0. The molecule has 0 bridgehead atoms. The molecule has 0 unspecified atom stereocenters. The Morgan fingerprint density at radius 1 is 1.40 bits per heavy atom. The lowest BCUT2D eigenvalue weighted by Crippen LogP contribution is -1.80. The van der Waals surface area contributed by atoms with Crippen molar-refractivity contribution < 1.29 is 4.92 Å². The van der Waals surface area contributed by atoms with Crippen LogP contribution in [-0.4, -0.2) is 4.92 Å². The van der Waals surface area contributed by atoms with Gasteiger partial charge in [0.2, 0.25) is 6.20 Å². The highest BCUT2D eigenvalue weighted by Gasteiger charge is 2.00. The first-order valence-corrected chi connectivity index (χ1v) is 5.29. The van der Waals surface area contributed by atoms with E-state index in [9.17, 15) is 10.1 Å². The third-order valence-corrected chi connectivity index (χ3v) is 3.13. The molecule has 1 aromatic heterocycles. The largest absolute Gasteiger partial charge is 0.259 e. The molecule has 0 saturated heterocycles.